The number of aryl methyl sites for hydroxylation is 2. The first kappa shape index (κ1) is 21.2. The van der Waals surface area contributed by atoms with Crippen LogP contribution in [0.1, 0.15) is 34.3 Å². The molecule has 1 fully saturated rings. The molecule has 1 amide bonds. The van der Waals surface area contributed by atoms with Crippen LogP contribution >= 0.6 is 11.3 Å². The summed E-state index contributed by atoms with van der Waals surface area (Å²) in [6.07, 6.45) is 4.74. The van der Waals surface area contributed by atoms with Gasteiger partial charge in [-0.15, -0.1) is 0 Å². The molecule has 2 heterocycles. The lowest BCUT2D eigenvalue weighted by molar-refractivity contribution is 0.0947. The van der Waals surface area contributed by atoms with Gasteiger partial charge in [0.1, 0.15) is 11.3 Å². The van der Waals surface area contributed by atoms with Crippen molar-refractivity contribution in [2.75, 3.05) is 51.3 Å². The van der Waals surface area contributed by atoms with E-state index in [0.29, 0.717) is 6.54 Å². The number of benzene rings is 2. The number of hydrogen-bond donors (Lipinski definition) is 1. The van der Waals surface area contributed by atoms with E-state index in [1.54, 1.807) is 18.4 Å². The van der Waals surface area contributed by atoms with Crippen molar-refractivity contribution in [1.29, 1.82) is 0 Å². The number of carbonyl (C=O) groups is 1. The molecule has 0 saturated carbocycles. The SMILES string of the molecule is COc1cccc2sc(N3CCN(CCNC(=O)c4ccc5c(c4)CCCC5)CC3)nc12. The van der Waals surface area contributed by atoms with Gasteiger partial charge in [-0.3, -0.25) is 9.69 Å². The first-order valence-electron chi connectivity index (χ1n) is 11.5. The van der Waals surface area contributed by atoms with E-state index >= 15 is 0 Å². The Morgan fingerprint density at radius 1 is 1.09 bits per heavy atom. The molecule has 2 aliphatic rings. The zero-order chi connectivity index (χ0) is 21.9. The molecule has 0 unspecified atom stereocenters. The molecule has 0 atom stereocenters. The summed E-state index contributed by atoms with van der Waals surface area (Å²) in [5, 5.41) is 4.17. The smallest absolute Gasteiger partial charge is 0.251 e. The van der Waals surface area contributed by atoms with E-state index in [9.17, 15) is 4.79 Å². The Labute approximate surface area is 193 Å². The average molecular weight is 451 g/mol. The van der Waals surface area contributed by atoms with Crippen molar-refractivity contribution in [3.05, 3.63) is 53.1 Å². The number of nitrogens with one attached hydrogen (secondary N) is 1. The molecular formula is C25H30N4O2S. The van der Waals surface area contributed by atoms with Gasteiger partial charge < -0.3 is 15.0 Å². The van der Waals surface area contributed by atoms with E-state index in [4.69, 9.17) is 9.72 Å². The van der Waals surface area contributed by atoms with Crippen molar-refractivity contribution >= 4 is 32.6 Å². The molecule has 0 bridgehead atoms. The largest absolute Gasteiger partial charge is 0.494 e. The lowest BCUT2D eigenvalue weighted by atomic mass is 9.90. The van der Waals surface area contributed by atoms with Gasteiger partial charge in [0.2, 0.25) is 0 Å². The summed E-state index contributed by atoms with van der Waals surface area (Å²) in [6.45, 7) is 5.39. The van der Waals surface area contributed by atoms with Gasteiger partial charge in [-0.25, -0.2) is 4.98 Å². The average Bonchev–Trinajstić information content (AvgIpc) is 3.28. The van der Waals surface area contributed by atoms with Gasteiger partial charge in [-0.2, -0.15) is 0 Å². The number of para-hydroxylation sites is 1. The Morgan fingerprint density at radius 3 is 2.72 bits per heavy atom. The topological polar surface area (TPSA) is 57.7 Å². The van der Waals surface area contributed by atoms with Crippen LogP contribution in [0.15, 0.2) is 36.4 Å². The Morgan fingerprint density at radius 2 is 1.91 bits per heavy atom. The van der Waals surface area contributed by atoms with Crippen molar-refractivity contribution < 1.29 is 9.53 Å². The van der Waals surface area contributed by atoms with Gasteiger partial charge in [0.05, 0.1) is 11.8 Å². The minimum absolute atomic E-state index is 0.0421. The first-order chi connectivity index (χ1) is 15.7. The third kappa shape index (κ3) is 4.45. The van der Waals surface area contributed by atoms with Crippen LogP contribution in [0.2, 0.25) is 0 Å². The maximum atomic E-state index is 12.6. The Bertz CT molecular complexity index is 1100. The highest BCUT2D eigenvalue weighted by Gasteiger charge is 2.21. The monoisotopic (exact) mass is 450 g/mol. The fourth-order valence-electron chi connectivity index (χ4n) is 4.68. The maximum absolute atomic E-state index is 12.6. The van der Waals surface area contributed by atoms with Crippen LogP contribution in [-0.2, 0) is 12.8 Å². The number of fused-ring (bicyclic) bond motifs is 2. The van der Waals surface area contributed by atoms with Gasteiger partial charge in [0, 0.05) is 44.8 Å². The third-order valence-electron chi connectivity index (χ3n) is 6.56. The number of ether oxygens (including phenoxy) is 1. The molecule has 1 saturated heterocycles. The number of nitrogens with zero attached hydrogens (tertiary/aromatic N) is 3. The number of hydrogen-bond acceptors (Lipinski definition) is 6. The van der Waals surface area contributed by atoms with Gasteiger partial charge in [-0.05, 0) is 61.1 Å². The minimum Gasteiger partial charge on any atom is -0.494 e. The maximum Gasteiger partial charge on any atom is 0.251 e. The summed E-state index contributed by atoms with van der Waals surface area (Å²) < 4.78 is 6.61. The fourth-order valence-corrected chi connectivity index (χ4v) is 5.71. The summed E-state index contributed by atoms with van der Waals surface area (Å²) in [5.41, 5.74) is 4.51. The van der Waals surface area contributed by atoms with Crippen LogP contribution in [-0.4, -0.2) is 62.2 Å². The molecule has 5 rings (SSSR count). The second-order valence-corrected chi connectivity index (χ2v) is 9.59. The van der Waals surface area contributed by atoms with Crippen molar-refractivity contribution in [1.82, 2.24) is 15.2 Å². The standard InChI is InChI=1S/C25H30N4O2S/c1-31-21-7-4-8-22-23(21)27-25(32-22)29-15-13-28(14-16-29)12-11-26-24(30)20-10-9-18-5-2-3-6-19(18)17-20/h4,7-10,17H,2-3,5-6,11-16H2,1H3,(H,26,30). The quantitative estimate of drug-likeness (QED) is 0.620. The number of piperazine rings is 1. The first-order valence-corrected chi connectivity index (χ1v) is 12.3. The predicted octanol–water partition coefficient (Wildman–Crippen LogP) is 3.74. The van der Waals surface area contributed by atoms with Gasteiger partial charge in [-0.1, -0.05) is 23.5 Å². The molecule has 3 aromatic rings. The highest BCUT2D eigenvalue weighted by atomic mass is 32.1. The Hall–Kier alpha value is -2.64. The van der Waals surface area contributed by atoms with Gasteiger partial charge in [0.15, 0.2) is 5.13 Å². The summed E-state index contributed by atoms with van der Waals surface area (Å²) in [6, 6.07) is 12.3. The van der Waals surface area contributed by atoms with Crippen LogP contribution in [0.5, 0.6) is 5.75 Å². The number of rotatable bonds is 6. The number of thiazole rings is 1. The second kappa shape index (κ2) is 9.46. The van der Waals surface area contributed by atoms with Crippen LogP contribution in [0, 0.1) is 0 Å². The minimum atomic E-state index is 0.0421. The summed E-state index contributed by atoms with van der Waals surface area (Å²) >= 11 is 1.72. The van der Waals surface area contributed by atoms with Crippen molar-refractivity contribution in [3.8, 4) is 5.75 Å². The van der Waals surface area contributed by atoms with E-state index < -0.39 is 0 Å². The molecule has 1 aliphatic heterocycles. The summed E-state index contributed by atoms with van der Waals surface area (Å²) in [4.78, 5) is 22.2. The molecule has 7 heteroatoms. The highest BCUT2D eigenvalue weighted by Crippen LogP contribution is 2.34. The zero-order valence-electron chi connectivity index (χ0n) is 18.6. The van der Waals surface area contributed by atoms with Gasteiger partial charge >= 0.3 is 0 Å². The summed E-state index contributed by atoms with van der Waals surface area (Å²) in [7, 11) is 1.69. The Balaban J connectivity index is 1.11. The molecule has 1 N–H and O–H groups in total. The van der Waals surface area contributed by atoms with E-state index in [0.717, 1.165) is 72.2 Å². The molecule has 168 valence electrons. The number of anilines is 1. The third-order valence-corrected chi connectivity index (χ3v) is 7.64. The number of aromatic nitrogens is 1. The number of amides is 1. The molecule has 1 aromatic heterocycles. The number of methoxy groups -OCH3 is 1. The van der Waals surface area contributed by atoms with Crippen LogP contribution in [0.3, 0.4) is 0 Å². The lowest BCUT2D eigenvalue weighted by Crippen LogP contribution is -2.48. The van der Waals surface area contributed by atoms with Crippen LogP contribution < -0.4 is 15.0 Å². The Kier molecular flexibility index (Phi) is 6.28. The van der Waals surface area contributed by atoms with Crippen LogP contribution in [0.4, 0.5) is 5.13 Å². The molecule has 1 aliphatic carbocycles. The molecule has 0 spiro atoms. The molecule has 0 radical (unpaired) electrons. The van der Waals surface area contributed by atoms with E-state index in [1.165, 1.54) is 24.0 Å². The van der Waals surface area contributed by atoms with E-state index in [1.807, 2.05) is 18.2 Å². The molecule has 6 nitrogen and oxygen atoms in total. The lowest BCUT2D eigenvalue weighted by Gasteiger charge is -2.34. The van der Waals surface area contributed by atoms with Gasteiger partial charge in [0.25, 0.3) is 5.91 Å². The number of carbonyl (C=O) groups excluding carboxylic acids is 1. The van der Waals surface area contributed by atoms with E-state index in [-0.39, 0.29) is 5.91 Å². The van der Waals surface area contributed by atoms with Crippen LogP contribution in [0.25, 0.3) is 10.2 Å². The molecule has 32 heavy (non-hydrogen) atoms. The van der Waals surface area contributed by atoms with Crippen molar-refractivity contribution in [3.63, 3.8) is 0 Å². The zero-order valence-corrected chi connectivity index (χ0v) is 19.4. The summed E-state index contributed by atoms with van der Waals surface area (Å²) in [5.74, 6) is 0.874. The fraction of sp³-hybridized carbons (Fsp3) is 0.440. The highest BCUT2D eigenvalue weighted by molar-refractivity contribution is 7.22. The van der Waals surface area contributed by atoms with Crippen molar-refractivity contribution in [2.24, 2.45) is 0 Å². The second-order valence-electron chi connectivity index (χ2n) is 8.58. The molecular weight excluding hydrogens is 420 g/mol. The molecule has 2 aromatic carbocycles. The normalized spacial score (nSPS) is 16.7. The van der Waals surface area contributed by atoms with E-state index in [2.05, 4.69) is 33.3 Å². The van der Waals surface area contributed by atoms with Crippen molar-refractivity contribution in [2.45, 2.75) is 25.7 Å². The predicted molar refractivity (Wildman–Crippen MR) is 130 cm³/mol.